The Morgan fingerprint density at radius 3 is 2.33 bits per heavy atom. The number of nitrogens with one attached hydrogen (secondary N) is 1. The maximum atomic E-state index is 12.4. The molecule has 0 atom stereocenters. The van der Waals surface area contributed by atoms with Crippen molar-refractivity contribution in [3.8, 4) is 0 Å². The number of alkyl halides is 2. The van der Waals surface area contributed by atoms with E-state index in [9.17, 15) is 22.0 Å². The van der Waals surface area contributed by atoms with Crippen LogP contribution in [-0.4, -0.2) is 13.4 Å². The second kappa shape index (κ2) is 3.59. The minimum Gasteiger partial charge on any atom is -0.393 e. The van der Waals surface area contributed by atoms with Crippen LogP contribution in [0.3, 0.4) is 0 Å². The highest BCUT2D eigenvalue weighted by Gasteiger charge is 2.25. The molecule has 1 aromatic heterocycles. The van der Waals surface area contributed by atoms with Crippen molar-refractivity contribution in [2.75, 3.05) is 5.73 Å². The fourth-order valence-corrected chi connectivity index (χ4v) is 1.90. The molecule has 0 aromatic carbocycles. The number of aromatic nitrogens is 1. The average molecular weight is 239 g/mol. The first kappa shape index (κ1) is 11.6. The SMILES string of the molecule is Nc1c(S(N)(=O)=O)c(C(F)F)c[nH]c1=O. The topological polar surface area (TPSA) is 119 Å². The quantitative estimate of drug-likeness (QED) is 0.647. The summed E-state index contributed by atoms with van der Waals surface area (Å²) in [6, 6.07) is 0. The molecule has 0 spiro atoms. The number of anilines is 1. The molecule has 5 N–H and O–H groups in total. The largest absolute Gasteiger partial charge is 0.393 e. The second-order valence-electron chi connectivity index (χ2n) is 2.66. The Morgan fingerprint density at radius 2 is 1.93 bits per heavy atom. The maximum Gasteiger partial charge on any atom is 0.272 e. The van der Waals surface area contributed by atoms with Crippen LogP contribution in [0.4, 0.5) is 14.5 Å². The van der Waals surface area contributed by atoms with Crippen LogP contribution >= 0.6 is 0 Å². The number of rotatable bonds is 2. The normalized spacial score (nSPS) is 12.0. The standard InChI is InChI=1S/C6H7F2N3O3S/c7-5(8)2-1-11-6(12)3(9)4(2)15(10,13)14/h1,5H,9H2,(H,11,12)(H2,10,13,14). The number of primary sulfonamides is 1. The third kappa shape index (κ3) is 2.13. The Labute approximate surface area is 82.9 Å². The summed E-state index contributed by atoms with van der Waals surface area (Å²) in [5.41, 5.74) is 2.33. The number of pyridine rings is 1. The highest BCUT2D eigenvalue weighted by atomic mass is 32.2. The molecule has 84 valence electrons. The van der Waals surface area contributed by atoms with Crippen molar-refractivity contribution in [2.24, 2.45) is 5.14 Å². The molecule has 0 saturated carbocycles. The zero-order valence-corrected chi connectivity index (χ0v) is 8.01. The molecule has 0 unspecified atom stereocenters. The summed E-state index contributed by atoms with van der Waals surface area (Å²) in [4.78, 5) is 11.8. The summed E-state index contributed by atoms with van der Waals surface area (Å²) < 4.78 is 46.6. The van der Waals surface area contributed by atoms with Crippen LogP contribution in [-0.2, 0) is 10.0 Å². The van der Waals surface area contributed by atoms with Crippen molar-refractivity contribution in [1.82, 2.24) is 4.98 Å². The Balaban J connectivity index is 3.73. The number of sulfonamides is 1. The molecule has 1 heterocycles. The van der Waals surface area contributed by atoms with Crippen molar-refractivity contribution < 1.29 is 17.2 Å². The van der Waals surface area contributed by atoms with Crippen molar-refractivity contribution in [3.05, 3.63) is 22.1 Å². The molecule has 0 amide bonds. The van der Waals surface area contributed by atoms with E-state index in [1.165, 1.54) is 0 Å². The molecule has 0 fully saturated rings. The predicted molar refractivity (Wildman–Crippen MR) is 47.8 cm³/mol. The smallest absolute Gasteiger partial charge is 0.272 e. The van der Waals surface area contributed by atoms with Gasteiger partial charge in [0.05, 0.1) is 5.56 Å². The highest BCUT2D eigenvalue weighted by Crippen LogP contribution is 2.26. The van der Waals surface area contributed by atoms with E-state index in [4.69, 9.17) is 5.73 Å². The predicted octanol–water partition coefficient (Wildman–Crippen LogP) is -0.458. The van der Waals surface area contributed by atoms with E-state index < -0.39 is 38.2 Å². The number of nitrogen functional groups attached to an aromatic ring is 1. The third-order valence-corrected chi connectivity index (χ3v) is 2.65. The fourth-order valence-electron chi connectivity index (χ4n) is 1.02. The molecule has 6 nitrogen and oxygen atoms in total. The number of aromatic amines is 1. The van der Waals surface area contributed by atoms with Gasteiger partial charge in [-0.2, -0.15) is 0 Å². The van der Waals surface area contributed by atoms with Crippen LogP contribution in [0.2, 0.25) is 0 Å². The molecule has 15 heavy (non-hydrogen) atoms. The highest BCUT2D eigenvalue weighted by molar-refractivity contribution is 7.89. The molecule has 0 radical (unpaired) electrons. The lowest BCUT2D eigenvalue weighted by Gasteiger charge is -2.08. The minimum absolute atomic E-state index is 0.573. The lowest BCUT2D eigenvalue weighted by atomic mass is 10.3. The molecule has 1 aromatic rings. The van der Waals surface area contributed by atoms with E-state index in [0.717, 1.165) is 0 Å². The molecule has 0 aliphatic carbocycles. The number of nitrogens with two attached hydrogens (primary N) is 2. The molecule has 0 aliphatic heterocycles. The van der Waals surface area contributed by atoms with Crippen LogP contribution in [0, 0.1) is 0 Å². The minimum atomic E-state index is -4.46. The molecular formula is C6H7F2N3O3S. The van der Waals surface area contributed by atoms with Gasteiger partial charge in [-0.25, -0.2) is 22.3 Å². The Kier molecular flexibility index (Phi) is 2.77. The van der Waals surface area contributed by atoms with Crippen LogP contribution in [0.5, 0.6) is 0 Å². The first-order chi connectivity index (χ1) is 6.75. The Morgan fingerprint density at radius 1 is 1.40 bits per heavy atom. The van der Waals surface area contributed by atoms with Crippen LogP contribution in [0.25, 0.3) is 0 Å². The van der Waals surface area contributed by atoms with Crippen LogP contribution < -0.4 is 16.4 Å². The summed E-state index contributed by atoms with van der Waals surface area (Å²) in [6.07, 6.45) is -2.53. The molecule has 1 rings (SSSR count). The summed E-state index contributed by atoms with van der Waals surface area (Å²) in [6.45, 7) is 0. The lowest BCUT2D eigenvalue weighted by molar-refractivity contribution is 0.147. The molecule has 0 saturated heterocycles. The summed E-state index contributed by atoms with van der Waals surface area (Å²) in [5.74, 6) is 0. The number of H-pyrrole nitrogens is 1. The van der Waals surface area contributed by atoms with Crippen molar-refractivity contribution in [3.63, 3.8) is 0 Å². The van der Waals surface area contributed by atoms with Gasteiger partial charge in [0.25, 0.3) is 12.0 Å². The van der Waals surface area contributed by atoms with Gasteiger partial charge in [0.15, 0.2) is 0 Å². The fraction of sp³-hybridized carbons (Fsp3) is 0.167. The first-order valence-electron chi connectivity index (χ1n) is 3.57. The van der Waals surface area contributed by atoms with E-state index >= 15 is 0 Å². The van der Waals surface area contributed by atoms with Crippen molar-refractivity contribution in [2.45, 2.75) is 11.3 Å². The zero-order valence-electron chi connectivity index (χ0n) is 7.20. The van der Waals surface area contributed by atoms with Gasteiger partial charge in [-0.15, -0.1) is 0 Å². The number of hydrogen-bond acceptors (Lipinski definition) is 4. The Hall–Kier alpha value is -1.48. The molecule has 0 bridgehead atoms. The van der Waals surface area contributed by atoms with Gasteiger partial charge in [0, 0.05) is 6.20 Å². The van der Waals surface area contributed by atoms with Crippen molar-refractivity contribution >= 4 is 15.7 Å². The van der Waals surface area contributed by atoms with Gasteiger partial charge in [0.1, 0.15) is 10.6 Å². The molecule has 0 aliphatic rings. The van der Waals surface area contributed by atoms with Gasteiger partial charge < -0.3 is 10.7 Å². The Bertz CT molecular complexity index is 537. The van der Waals surface area contributed by atoms with Crippen LogP contribution in [0.15, 0.2) is 15.9 Å². The molecule has 9 heteroatoms. The summed E-state index contributed by atoms with van der Waals surface area (Å²) >= 11 is 0. The maximum absolute atomic E-state index is 12.4. The van der Waals surface area contributed by atoms with Gasteiger partial charge in [-0.1, -0.05) is 0 Å². The van der Waals surface area contributed by atoms with E-state index in [1.54, 1.807) is 0 Å². The average Bonchev–Trinajstić information content (AvgIpc) is 2.06. The summed E-state index contributed by atoms with van der Waals surface area (Å²) in [5, 5.41) is 4.67. The zero-order chi connectivity index (χ0) is 11.8. The first-order valence-corrected chi connectivity index (χ1v) is 5.11. The van der Waals surface area contributed by atoms with E-state index in [2.05, 4.69) is 5.14 Å². The van der Waals surface area contributed by atoms with Gasteiger partial charge in [0.2, 0.25) is 10.0 Å². The number of hydrogen-bond donors (Lipinski definition) is 3. The van der Waals surface area contributed by atoms with Crippen LogP contribution in [0.1, 0.15) is 12.0 Å². The van der Waals surface area contributed by atoms with Gasteiger partial charge in [-0.05, 0) is 0 Å². The second-order valence-corrected chi connectivity index (χ2v) is 4.16. The number of halogens is 2. The van der Waals surface area contributed by atoms with Crippen molar-refractivity contribution in [1.29, 1.82) is 0 Å². The monoisotopic (exact) mass is 239 g/mol. The summed E-state index contributed by atoms with van der Waals surface area (Å²) in [7, 11) is -4.46. The van der Waals surface area contributed by atoms with Gasteiger partial charge in [-0.3, -0.25) is 4.79 Å². The van der Waals surface area contributed by atoms with Gasteiger partial charge >= 0.3 is 0 Å². The van der Waals surface area contributed by atoms with E-state index in [1.807, 2.05) is 4.98 Å². The third-order valence-electron chi connectivity index (χ3n) is 1.63. The van der Waals surface area contributed by atoms with E-state index in [0.29, 0.717) is 6.20 Å². The van der Waals surface area contributed by atoms with E-state index in [-0.39, 0.29) is 0 Å². The molecular weight excluding hydrogens is 232 g/mol. The lowest BCUT2D eigenvalue weighted by Crippen LogP contribution is -2.23.